The number of aromatic nitrogens is 2. The maximum Gasteiger partial charge on any atom is 0.275 e. The molecular formula is C20H17N3O2. The van der Waals surface area contributed by atoms with Crippen LogP contribution in [0.25, 0.3) is 10.8 Å². The molecule has 0 bridgehead atoms. The van der Waals surface area contributed by atoms with Crippen molar-refractivity contribution in [2.75, 3.05) is 0 Å². The zero-order chi connectivity index (χ0) is 17.6. The Kier molecular flexibility index (Phi) is 4.91. The van der Waals surface area contributed by atoms with Crippen molar-refractivity contribution in [3.63, 3.8) is 0 Å². The third-order valence-electron chi connectivity index (χ3n) is 3.85. The molecule has 1 aromatic heterocycles. The first-order valence-electron chi connectivity index (χ1n) is 7.92. The average Bonchev–Trinajstić information content (AvgIpc) is 2.64. The Labute approximate surface area is 145 Å². The van der Waals surface area contributed by atoms with Crippen LogP contribution < -0.4 is 10.9 Å². The molecule has 1 heterocycles. The summed E-state index contributed by atoms with van der Waals surface area (Å²) in [5.41, 5.74) is 1.33. The lowest BCUT2D eigenvalue weighted by molar-refractivity contribution is -0.120. The summed E-state index contributed by atoms with van der Waals surface area (Å²) in [6.07, 6.45) is 5.61. The predicted molar refractivity (Wildman–Crippen MR) is 96.8 cm³/mol. The van der Waals surface area contributed by atoms with Gasteiger partial charge >= 0.3 is 0 Å². The number of terminal acetylenes is 1. The van der Waals surface area contributed by atoms with Gasteiger partial charge in [-0.1, -0.05) is 54.5 Å². The summed E-state index contributed by atoms with van der Waals surface area (Å²) in [5.74, 6) is 2.32. The molecule has 0 saturated carbocycles. The zero-order valence-electron chi connectivity index (χ0n) is 13.6. The number of rotatable bonds is 5. The van der Waals surface area contributed by atoms with Crippen molar-refractivity contribution in [1.82, 2.24) is 15.1 Å². The number of benzene rings is 2. The van der Waals surface area contributed by atoms with Crippen LogP contribution in [0.5, 0.6) is 0 Å². The monoisotopic (exact) mass is 331 g/mol. The Balaban J connectivity index is 1.83. The van der Waals surface area contributed by atoms with Crippen LogP contribution in [0.1, 0.15) is 11.3 Å². The van der Waals surface area contributed by atoms with Gasteiger partial charge in [-0.15, -0.1) is 6.42 Å². The lowest BCUT2D eigenvalue weighted by atomic mass is 10.1. The molecule has 0 aliphatic rings. The number of amides is 1. The number of fused-ring (bicyclic) bond motifs is 1. The molecular weight excluding hydrogens is 314 g/mol. The second-order valence-corrected chi connectivity index (χ2v) is 5.60. The molecule has 0 fully saturated rings. The van der Waals surface area contributed by atoms with Gasteiger partial charge in [0.05, 0.1) is 24.0 Å². The normalized spacial score (nSPS) is 10.4. The zero-order valence-corrected chi connectivity index (χ0v) is 13.6. The summed E-state index contributed by atoms with van der Waals surface area (Å²) in [4.78, 5) is 24.5. The Morgan fingerprint density at radius 1 is 1.08 bits per heavy atom. The Bertz CT molecular complexity index is 1000. The molecule has 0 saturated heterocycles. The molecule has 5 nitrogen and oxygen atoms in total. The van der Waals surface area contributed by atoms with E-state index in [1.54, 1.807) is 12.1 Å². The van der Waals surface area contributed by atoms with Gasteiger partial charge in [0.25, 0.3) is 5.56 Å². The Morgan fingerprint density at radius 3 is 2.48 bits per heavy atom. The summed E-state index contributed by atoms with van der Waals surface area (Å²) in [6.45, 7) is 0.325. The fourth-order valence-electron chi connectivity index (χ4n) is 2.66. The van der Waals surface area contributed by atoms with Crippen LogP contribution in [0.2, 0.25) is 0 Å². The van der Waals surface area contributed by atoms with Gasteiger partial charge in [-0.2, -0.15) is 5.10 Å². The van der Waals surface area contributed by atoms with Crippen molar-refractivity contribution in [2.24, 2.45) is 0 Å². The van der Waals surface area contributed by atoms with E-state index in [2.05, 4.69) is 16.3 Å². The molecule has 2 aromatic carbocycles. The number of nitrogens with one attached hydrogen (secondary N) is 1. The minimum absolute atomic E-state index is 0.0919. The molecule has 124 valence electrons. The highest BCUT2D eigenvalue weighted by Gasteiger charge is 2.11. The van der Waals surface area contributed by atoms with E-state index >= 15 is 0 Å². The number of hydrogen-bond acceptors (Lipinski definition) is 3. The van der Waals surface area contributed by atoms with Gasteiger partial charge in [0, 0.05) is 5.39 Å². The average molecular weight is 331 g/mol. The molecule has 3 aromatic rings. The van der Waals surface area contributed by atoms with Crippen LogP contribution >= 0.6 is 0 Å². The molecule has 0 aliphatic carbocycles. The molecule has 1 N–H and O–H groups in total. The van der Waals surface area contributed by atoms with Gasteiger partial charge in [0.1, 0.15) is 6.54 Å². The lowest BCUT2D eigenvalue weighted by Crippen LogP contribution is -2.29. The molecule has 3 rings (SSSR count). The van der Waals surface area contributed by atoms with E-state index in [0.717, 1.165) is 10.9 Å². The topological polar surface area (TPSA) is 64.0 Å². The van der Waals surface area contributed by atoms with E-state index in [-0.39, 0.29) is 24.6 Å². The highest BCUT2D eigenvalue weighted by atomic mass is 16.1. The predicted octanol–water partition coefficient (Wildman–Crippen LogP) is 1.89. The van der Waals surface area contributed by atoms with Gasteiger partial charge in [0.15, 0.2) is 0 Å². The maximum absolute atomic E-state index is 12.4. The van der Waals surface area contributed by atoms with Gasteiger partial charge in [-0.05, 0) is 11.6 Å². The number of hydrogen-bond donors (Lipinski definition) is 1. The molecule has 25 heavy (non-hydrogen) atoms. The third kappa shape index (κ3) is 3.75. The lowest BCUT2D eigenvalue weighted by Gasteiger charge is -2.10. The standard InChI is InChI=1S/C20H17N3O2/c1-2-12-23-20(25)17-11-7-6-10-16(17)18(22-23)14-21-19(24)13-15-8-4-3-5-9-15/h1,3-11H,12-14H2,(H,21,24). The fraction of sp³-hybridized carbons (Fsp3) is 0.150. The summed E-state index contributed by atoms with van der Waals surface area (Å²) in [5, 5.41) is 8.44. The molecule has 5 heteroatoms. The second kappa shape index (κ2) is 7.45. The van der Waals surface area contributed by atoms with Crippen LogP contribution in [-0.2, 0) is 24.3 Å². The largest absolute Gasteiger partial charge is 0.350 e. The highest BCUT2D eigenvalue weighted by Crippen LogP contribution is 2.13. The van der Waals surface area contributed by atoms with E-state index in [1.165, 1.54) is 4.68 Å². The molecule has 0 radical (unpaired) electrons. The maximum atomic E-state index is 12.4. The van der Waals surface area contributed by atoms with Crippen LogP contribution in [-0.4, -0.2) is 15.7 Å². The first kappa shape index (κ1) is 16.5. The third-order valence-corrected chi connectivity index (χ3v) is 3.85. The quantitative estimate of drug-likeness (QED) is 0.726. The SMILES string of the molecule is C#CCn1nc(CNC(=O)Cc2ccccc2)c2ccccc2c1=O. The Hall–Kier alpha value is -3.39. The van der Waals surface area contributed by atoms with E-state index in [0.29, 0.717) is 17.5 Å². The van der Waals surface area contributed by atoms with Gasteiger partial charge in [-0.3, -0.25) is 9.59 Å². The van der Waals surface area contributed by atoms with Crippen molar-refractivity contribution < 1.29 is 4.79 Å². The van der Waals surface area contributed by atoms with Crippen molar-refractivity contribution in [1.29, 1.82) is 0 Å². The van der Waals surface area contributed by atoms with Crippen molar-refractivity contribution in [3.8, 4) is 12.3 Å². The first-order chi connectivity index (χ1) is 12.2. The minimum Gasteiger partial charge on any atom is -0.350 e. The van der Waals surface area contributed by atoms with E-state index in [1.807, 2.05) is 42.5 Å². The van der Waals surface area contributed by atoms with Crippen molar-refractivity contribution >= 4 is 16.7 Å². The Morgan fingerprint density at radius 2 is 1.76 bits per heavy atom. The van der Waals surface area contributed by atoms with Gasteiger partial charge < -0.3 is 5.32 Å². The van der Waals surface area contributed by atoms with Gasteiger partial charge in [-0.25, -0.2) is 4.68 Å². The van der Waals surface area contributed by atoms with E-state index in [9.17, 15) is 9.59 Å². The number of carbonyl (C=O) groups excluding carboxylic acids is 1. The second-order valence-electron chi connectivity index (χ2n) is 5.60. The van der Waals surface area contributed by atoms with E-state index < -0.39 is 0 Å². The minimum atomic E-state index is -0.229. The number of nitrogens with zero attached hydrogens (tertiary/aromatic N) is 2. The molecule has 0 unspecified atom stereocenters. The number of carbonyl (C=O) groups is 1. The fourth-order valence-corrected chi connectivity index (χ4v) is 2.66. The summed E-state index contributed by atoms with van der Waals surface area (Å²) < 4.78 is 1.25. The molecule has 0 atom stereocenters. The van der Waals surface area contributed by atoms with Crippen molar-refractivity contribution in [2.45, 2.75) is 19.5 Å². The smallest absolute Gasteiger partial charge is 0.275 e. The highest BCUT2D eigenvalue weighted by molar-refractivity contribution is 5.84. The van der Waals surface area contributed by atoms with Crippen LogP contribution in [0.3, 0.4) is 0 Å². The van der Waals surface area contributed by atoms with Crippen LogP contribution in [0.4, 0.5) is 0 Å². The molecule has 0 aliphatic heterocycles. The van der Waals surface area contributed by atoms with Crippen LogP contribution in [0, 0.1) is 12.3 Å². The van der Waals surface area contributed by atoms with Crippen molar-refractivity contribution in [3.05, 3.63) is 76.2 Å². The summed E-state index contributed by atoms with van der Waals surface area (Å²) in [6, 6.07) is 16.7. The summed E-state index contributed by atoms with van der Waals surface area (Å²) >= 11 is 0. The van der Waals surface area contributed by atoms with Gasteiger partial charge in [0.2, 0.25) is 5.91 Å². The summed E-state index contributed by atoms with van der Waals surface area (Å²) in [7, 11) is 0. The molecule has 0 spiro atoms. The molecule has 1 amide bonds. The van der Waals surface area contributed by atoms with Crippen LogP contribution in [0.15, 0.2) is 59.4 Å². The first-order valence-corrected chi connectivity index (χ1v) is 7.92. The van der Waals surface area contributed by atoms with E-state index in [4.69, 9.17) is 6.42 Å².